The second kappa shape index (κ2) is 5.36. The fourth-order valence-corrected chi connectivity index (χ4v) is 3.59. The summed E-state index contributed by atoms with van der Waals surface area (Å²) in [6.45, 7) is 6.69. The highest BCUT2D eigenvalue weighted by Gasteiger charge is 2.16. The number of alkyl halides is 1. The topological polar surface area (TPSA) is 0 Å². The van der Waals surface area contributed by atoms with Crippen LogP contribution in [-0.4, -0.2) is 0 Å². The molecular weight excluding hydrogens is 328 g/mol. The average Bonchev–Trinajstić information content (AvgIpc) is 2.74. The van der Waals surface area contributed by atoms with Crippen molar-refractivity contribution in [3.63, 3.8) is 0 Å². The summed E-state index contributed by atoms with van der Waals surface area (Å²) < 4.78 is 0.834. The van der Waals surface area contributed by atoms with Gasteiger partial charge >= 0.3 is 0 Å². The fourth-order valence-electron chi connectivity index (χ4n) is 1.78. The summed E-state index contributed by atoms with van der Waals surface area (Å²) in [5, 5.41) is 0. The Labute approximate surface area is 126 Å². The van der Waals surface area contributed by atoms with E-state index >= 15 is 0 Å². The van der Waals surface area contributed by atoms with Gasteiger partial charge in [-0.3, -0.25) is 0 Å². The quantitative estimate of drug-likeness (QED) is 0.571. The van der Waals surface area contributed by atoms with Crippen molar-refractivity contribution in [1.29, 1.82) is 0 Å². The molecule has 0 aliphatic carbocycles. The summed E-state index contributed by atoms with van der Waals surface area (Å²) in [6, 6.07) is 12.8. The number of rotatable bonds is 2. The summed E-state index contributed by atoms with van der Waals surface area (Å²) >= 11 is 11.3. The lowest BCUT2D eigenvalue weighted by Crippen LogP contribution is -2.10. The Hall–Kier alpha value is -0.310. The molecule has 0 bridgehead atoms. The molecule has 1 aromatic carbocycles. The van der Waals surface area contributed by atoms with Crippen molar-refractivity contribution >= 4 is 38.9 Å². The lowest BCUT2D eigenvalue weighted by molar-refractivity contribution is 0.590. The van der Waals surface area contributed by atoms with Gasteiger partial charge in [0.1, 0.15) is 0 Å². The Bertz CT molecular complexity index is 522. The highest BCUT2D eigenvalue weighted by Crippen LogP contribution is 2.37. The second-order valence-corrected chi connectivity index (χ2v) is 8.04. The first-order chi connectivity index (χ1) is 8.38. The molecule has 1 atom stereocenters. The molecule has 0 amide bonds. The van der Waals surface area contributed by atoms with Gasteiger partial charge in [-0.2, -0.15) is 0 Å². The molecule has 0 aliphatic heterocycles. The molecule has 0 saturated carbocycles. The first-order valence-electron chi connectivity index (χ1n) is 5.87. The Balaban J connectivity index is 2.24. The van der Waals surface area contributed by atoms with Crippen LogP contribution < -0.4 is 0 Å². The van der Waals surface area contributed by atoms with Gasteiger partial charge in [0.2, 0.25) is 0 Å². The zero-order valence-corrected chi connectivity index (χ0v) is 13.9. The van der Waals surface area contributed by atoms with Crippen molar-refractivity contribution < 1.29 is 0 Å². The molecule has 18 heavy (non-hydrogen) atoms. The monoisotopic (exact) mass is 342 g/mol. The molecule has 1 heterocycles. The van der Waals surface area contributed by atoms with Crippen LogP contribution in [0.15, 0.2) is 36.4 Å². The van der Waals surface area contributed by atoms with E-state index in [1.54, 1.807) is 11.3 Å². The number of benzene rings is 1. The van der Waals surface area contributed by atoms with E-state index in [1.807, 2.05) is 6.07 Å². The Kier molecular flexibility index (Phi) is 4.20. The third-order valence-corrected chi connectivity index (χ3v) is 5.53. The molecule has 0 saturated heterocycles. The van der Waals surface area contributed by atoms with Crippen LogP contribution in [0.1, 0.15) is 41.6 Å². The largest absolute Gasteiger partial charge is 0.127 e. The number of hydrogen-bond donors (Lipinski definition) is 0. The van der Waals surface area contributed by atoms with E-state index in [0.29, 0.717) is 0 Å². The number of halogens is 2. The fraction of sp³-hybridized carbons (Fsp3) is 0.333. The normalized spacial score (nSPS) is 13.6. The molecule has 1 aromatic heterocycles. The van der Waals surface area contributed by atoms with E-state index in [-0.39, 0.29) is 10.2 Å². The molecule has 0 radical (unpaired) electrons. The van der Waals surface area contributed by atoms with Crippen LogP contribution in [0.4, 0.5) is 0 Å². The van der Waals surface area contributed by atoms with E-state index in [2.05, 4.69) is 67.0 Å². The lowest BCUT2D eigenvalue weighted by atomic mass is 9.86. The van der Waals surface area contributed by atoms with Gasteiger partial charge in [0.25, 0.3) is 0 Å². The Morgan fingerprint density at radius 1 is 1.06 bits per heavy atom. The summed E-state index contributed by atoms with van der Waals surface area (Å²) in [4.78, 5) is 1.47. The third kappa shape index (κ3) is 3.17. The summed E-state index contributed by atoms with van der Waals surface area (Å²) in [5.41, 5.74) is 2.82. The molecular formula is C15H16BrClS. The van der Waals surface area contributed by atoms with Crippen molar-refractivity contribution in [3.8, 4) is 0 Å². The van der Waals surface area contributed by atoms with Gasteiger partial charge in [-0.05, 0) is 28.7 Å². The minimum Gasteiger partial charge on any atom is -0.127 e. The molecule has 0 N–H and O–H groups in total. The van der Waals surface area contributed by atoms with Gasteiger partial charge in [-0.1, -0.05) is 72.6 Å². The zero-order chi connectivity index (χ0) is 13.3. The number of thiophene rings is 1. The van der Waals surface area contributed by atoms with Crippen LogP contribution in [0.25, 0.3) is 0 Å². The highest BCUT2D eigenvalue weighted by atomic mass is 79.9. The predicted molar refractivity (Wildman–Crippen MR) is 85.2 cm³/mol. The number of hydrogen-bond acceptors (Lipinski definition) is 1. The second-order valence-electron chi connectivity index (χ2n) is 5.38. The third-order valence-electron chi connectivity index (χ3n) is 2.91. The first-order valence-corrected chi connectivity index (χ1v) is 7.98. The van der Waals surface area contributed by atoms with E-state index in [1.165, 1.54) is 16.0 Å². The maximum atomic E-state index is 5.97. The molecule has 0 fully saturated rings. The van der Waals surface area contributed by atoms with Crippen LogP contribution in [0.2, 0.25) is 4.34 Å². The molecule has 1 unspecified atom stereocenters. The van der Waals surface area contributed by atoms with Crippen molar-refractivity contribution in [2.24, 2.45) is 0 Å². The van der Waals surface area contributed by atoms with Gasteiger partial charge < -0.3 is 0 Å². The first kappa shape index (κ1) is 14.1. The summed E-state index contributed by atoms with van der Waals surface area (Å²) in [6.07, 6.45) is 0. The van der Waals surface area contributed by atoms with Crippen molar-refractivity contribution in [2.45, 2.75) is 31.0 Å². The Morgan fingerprint density at radius 2 is 1.67 bits per heavy atom. The van der Waals surface area contributed by atoms with Crippen LogP contribution in [0.5, 0.6) is 0 Å². The minimum absolute atomic E-state index is 0.201. The van der Waals surface area contributed by atoms with Gasteiger partial charge in [-0.25, -0.2) is 0 Å². The lowest BCUT2D eigenvalue weighted by Gasteiger charge is -2.19. The van der Waals surface area contributed by atoms with Gasteiger partial charge in [0.15, 0.2) is 0 Å². The standard InChI is InChI=1S/C15H16BrClS/c1-15(2,3)11-6-4-10(5-7-11)14(16)12-8-9-13(17)18-12/h4-9,14H,1-3H3. The van der Waals surface area contributed by atoms with Crippen molar-refractivity contribution in [1.82, 2.24) is 0 Å². The van der Waals surface area contributed by atoms with Gasteiger partial charge in [0.05, 0.1) is 9.16 Å². The van der Waals surface area contributed by atoms with E-state index in [0.717, 1.165) is 4.34 Å². The van der Waals surface area contributed by atoms with E-state index in [9.17, 15) is 0 Å². The summed E-state index contributed by atoms with van der Waals surface area (Å²) in [7, 11) is 0. The molecule has 0 spiro atoms. The maximum Gasteiger partial charge on any atom is 0.0931 e. The molecule has 96 valence electrons. The SMILES string of the molecule is CC(C)(C)c1ccc(C(Br)c2ccc(Cl)s2)cc1. The molecule has 0 nitrogen and oxygen atoms in total. The molecule has 3 heteroatoms. The zero-order valence-electron chi connectivity index (χ0n) is 10.7. The van der Waals surface area contributed by atoms with Crippen molar-refractivity contribution in [3.05, 3.63) is 56.7 Å². The van der Waals surface area contributed by atoms with E-state index in [4.69, 9.17) is 11.6 Å². The van der Waals surface area contributed by atoms with Crippen LogP contribution >= 0.6 is 38.9 Å². The smallest absolute Gasteiger partial charge is 0.0931 e. The van der Waals surface area contributed by atoms with Crippen LogP contribution in [0, 0.1) is 0 Å². The average molecular weight is 344 g/mol. The van der Waals surface area contributed by atoms with Crippen LogP contribution in [-0.2, 0) is 5.41 Å². The van der Waals surface area contributed by atoms with Gasteiger partial charge in [-0.15, -0.1) is 11.3 Å². The summed E-state index contributed by atoms with van der Waals surface area (Å²) in [5.74, 6) is 0. The minimum atomic E-state index is 0.201. The maximum absolute atomic E-state index is 5.97. The van der Waals surface area contributed by atoms with Crippen molar-refractivity contribution in [2.75, 3.05) is 0 Å². The predicted octanol–water partition coefficient (Wildman–Crippen LogP) is 6.18. The molecule has 2 rings (SSSR count). The van der Waals surface area contributed by atoms with Crippen LogP contribution in [0.3, 0.4) is 0 Å². The highest BCUT2D eigenvalue weighted by molar-refractivity contribution is 9.09. The molecule has 2 aromatic rings. The Morgan fingerprint density at radius 3 is 2.11 bits per heavy atom. The van der Waals surface area contributed by atoms with E-state index < -0.39 is 0 Å². The van der Waals surface area contributed by atoms with Gasteiger partial charge in [0, 0.05) is 4.88 Å². The molecule has 0 aliphatic rings.